The smallest absolute Gasteiger partial charge is 0.160 e. The van der Waals surface area contributed by atoms with Gasteiger partial charge in [0.15, 0.2) is 5.78 Å². The van der Waals surface area contributed by atoms with Crippen LogP contribution in [0.15, 0.2) is 17.9 Å². The zero-order valence-corrected chi connectivity index (χ0v) is 7.06. The van der Waals surface area contributed by atoms with Gasteiger partial charge in [0.2, 0.25) is 0 Å². The maximum atomic E-state index is 10.4. The van der Waals surface area contributed by atoms with Gasteiger partial charge < -0.3 is 0 Å². The predicted octanol–water partition coefficient (Wildman–Crippen LogP) is 2.33. The highest BCUT2D eigenvalue weighted by Gasteiger charge is 2.01. The van der Waals surface area contributed by atoms with Crippen molar-refractivity contribution in [3.8, 4) is 0 Å². The van der Waals surface area contributed by atoms with Crippen molar-refractivity contribution in [3.63, 3.8) is 0 Å². The van der Waals surface area contributed by atoms with Crippen LogP contribution >= 0.6 is 0 Å². The van der Waals surface area contributed by atoms with Gasteiger partial charge >= 0.3 is 0 Å². The van der Waals surface area contributed by atoms with Crippen molar-refractivity contribution < 1.29 is 4.79 Å². The lowest BCUT2D eigenvalue weighted by Crippen LogP contribution is -1.97. The first kappa shape index (κ1) is 9.19. The van der Waals surface area contributed by atoms with E-state index in [1.807, 2.05) is 6.08 Å². The molecule has 0 aliphatic rings. The number of hydrogen-bond acceptors (Lipinski definition) is 1. The fourth-order valence-electron chi connectivity index (χ4n) is 0.409. The molecule has 0 atom stereocenters. The van der Waals surface area contributed by atoms with E-state index in [0.717, 1.165) is 0 Å². The van der Waals surface area contributed by atoms with Gasteiger partial charge in [0.1, 0.15) is 0 Å². The van der Waals surface area contributed by atoms with E-state index in [0.29, 0.717) is 0 Å². The molecule has 0 radical (unpaired) electrons. The summed E-state index contributed by atoms with van der Waals surface area (Å²) in [6.45, 7) is 7.71. The third-order valence-corrected chi connectivity index (χ3v) is 0.803. The van der Waals surface area contributed by atoms with Crippen molar-refractivity contribution in [2.75, 3.05) is 0 Å². The molecule has 0 aromatic rings. The van der Waals surface area contributed by atoms with Crippen molar-refractivity contribution in [3.05, 3.63) is 17.9 Å². The molecular formula is C9H14O. The van der Waals surface area contributed by atoms with Gasteiger partial charge in [0.25, 0.3) is 0 Å². The monoisotopic (exact) mass is 138 g/mol. The zero-order valence-electron chi connectivity index (χ0n) is 7.06. The summed E-state index contributed by atoms with van der Waals surface area (Å²) in [5, 5.41) is 0. The van der Waals surface area contributed by atoms with Crippen LogP contribution in [-0.4, -0.2) is 5.78 Å². The number of ketones is 1. The maximum absolute atomic E-state index is 10.4. The van der Waals surface area contributed by atoms with Crippen molar-refractivity contribution >= 4 is 5.78 Å². The number of rotatable bonds is 1. The van der Waals surface area contributed by atoms with E-state index in [4.69, 9.17) is 0 Å². The number of carbonyl (C=O) groups is 1. The molecule has 56 valence electrons. The molecule has 0 unspecified atom stereocenters. The molecule has 10 heavy (non-hydrogen) atoms. The normalized spacial score (nSPS) is 10.0. The molecule has 0 N–H and O–H groups in total. The average molecular weight is 138 g/mol. The van der Waals surface area contributed by atoms with Crippen LogP contribution in [0.5, 0.6) is 0 Å². The Kier molecular flexibility index (Phi) is 3.11. The molecule has 0 aliphatic heterocycles. The molecule has 0 bridgehead atoms. The van der Waals surface area contributed by atoms with Crippen molar-refractivity contribution in [2.24, 2.45) is 5.41 Å². The van der Waals surface area contributed by atoms with Crippen LogP contribution in [0.25, 0.3) is 0 Å². The van der Waals surface area contributed by atoms with Gasteiger partial charge in [0.05, 0.1) is 0 Å². The predicted molar refractivity (Wildman–Crippen MR) is 42.8 cm³/mol. The van der Waals surface area contributed by atoms with Crippen molar-refractivity contribution in [1.29, 1.82) is 0 Å². The Morgan fingerprint density at radius 3 is 2.20 bits per heavy atom. The molecular weight excluding hydrogens is 124 g/mol. The van der Waals surface area contributed by atoms with E-state index in [9.17, 15) is 4.79 Å². The van der Waals surface area contributed by atoms with E-state index in [1.54, 1.807) is 0 Å². The molecule has 0 saturated heterocycles. The Balaban J connectivity index is 4.12. The highest BCUT2D eigenvalue weighted by atomic mass is 16.1. The molecule has 0 saturated carbocycles. The molecule has 0 fully saturated rings. The second kappa shape index (κ2) is 3.38. The largest absolute Gasteiger partial charge is 0.294 e. The molecule has 0 rings (SSSR count). The fraction of sp³-hybridized carbons (Fsp3) is 0.556. The second-order valence-corrected chi connectivity index (χ2v) is 3.43. The molecule has 1 nitrogen and oxygen atoms in total. The first-order chi connectivity index (χ1) is 4.42. The minimum atomic E-state index is 0.0421. The Morgan fingerprint density at radius 1 is 1.40 bits per heavy atom. The van der Waals surface area contributed by atoms with Crippen LogP contribution in [0.2, 0.25) is 0 Å². The summed E-state index contributed by atoms with van der Waals surface area (Å²) < 4.78 is 0. The van der Waals surface area contributed by atoms with E-state index in [-0.39, 0.29) is 11.2 Å². The van der Waals surface area contributed by atoms with Crippen LogP contribution in [0, 0.1) is 5.41 Å². The van der Waals surface area contributed by atoms with E-state index in [2.05, 4.69) is 26.5 Å². The molecule has 1 heteroatoms. The molecule has 0 amide bonds. The summed E-state index contributed by atoms with van der Waals surface area (Å²) in [7, 11) is 0. The van der Waals surface area contributed by atoms with Crippen LogP contribution in [-0.2, 0) is 4.79 Å². The minimum absolute atomic E-state index is 0.0421. The molecule has 0 aliphatic carbocycles. The molecule has 0 aromatic carbocycles. The fourth-order valence-corrected chi connectivity index (χ4v) is 0.409. The quantitative estimate of drug-likeness (QED) is 0.401. The summed E-state index contributed by atoms with van der Waals surface area (Å²) in [5.41, 5.74) is 2.94. The lowest BCUT2D eigenvalue weighted by Gasteiger charge is -2.07. The lowest BCUT2D eigenvalue weighted by atomic mass is 9.97. The van der Waals surface area contributed by atoms with Crippen LogP contribution in [0.3, 0.4) is 0 Å². The van der Waals surface area contributed by atoms with Gasteiger partial charge in [-0.25, -0.2) is 0 Å². The summed E-state index contributed by atoms with van der Waals surface area (Å²) in [6, 6.07) is 0. The highest BCUT2D eigenvalue weighted by molar-refractivity contribution is 5.86. The zero-order chi connectivity index (χ0) is 8.20. The van der Waals surface area contributed by atoms with Gasteiger partial charge in [-0.3, -0.25) is 4.79 Å². The second-order valence-electron chi connectivity index (χ2n) is 3.43. The Morgan fingerprint density at radius 2 is 1.90 bits per heavy atom. The van der Waals surface area contributed by atoms with E-state index >= 15 is 0 Å². The molecule has 0 heterocycles. The minimum Gasteiger partial charge on any atom is -0.294 e. The van der Waals surface area contributed by atoms with Crippen molar-refractivity contribution in [1.82, 2.24) is 0 Å². The maximum Gasteiger partial charge on any atom is 0.160 e. The Hall–Kier alpha value is -0.810. The van der Waals surface area contributed by atoms with Gasteiger partial charge in [0, 0.05) is 6.08 Å². The van der Waals surface area contributed by atoms with Gasteiger partial charge in [-0.2, -0.15) is 0 Å². The Bertz CT molecular complexity index is 175. The topological polar surface area (TPSA) is 17.1 Å². The van der Waals surface area contributed by atoms with Gasteiger partial charge in [-0.1, -0.05) is 20.8 Å². The number of hydrogen-bond donors (Lipinski definition) is 0. The van der Waals surface area contributed by atoms with E-state index in [1.165, 1.54) is 13.0 Å². The van der Waals surface area contributed by atoms with Crippen molar-refractivity contribution in [2.45, 2.75) is 27.7 Å². The summed E-state index contributed by atoms with van der Waals surface area (Å²) in [6.07, 6.45) is 3.33. The summed E-state index contributed by atoms with van der Waals surface area (Å²) in [4.78, 5) is 10.4. The SMILES string of the molecule is CC(=O)C=C=CC(C)(C)C. The van der Waals surface area contributed by atoms with Crippen LogP contribution in [0.1, 0.15) is 27.7 Å². The third-order valence-electron chi connectivity index (χ3n) is 0.803. The molecule has 0 spiro atoms. The first-order valence-electron chi connectivity index (χ1n) is 3.36. The summed E-state index contributed by atoms with van der Waals surface area (Å²) >= 11 is 0. The van der Waals surface area contributed by atoms with Crippen LogP contribution in [0.4, 0.5) is 0 Å². The average Bonchev–Trinajstić information content (AvgIpc) is 1.59. The van der Waals surface area contributed by atoms with Gasteiger partial charge in [-0.15, -0.1) is 5.73 Å². The highest BCUT2D eigenvalue weighted by Crippen LogP contribution is 2.12. The number of allylic oxidation sites excluding steroid dienone is 1. The number of carbonyl (C=O) groups excluding carboxylic acids is 1. The van der Waals surface area contributed by atoms with Crippen LogP contribution < -0.4 is 0 Å². The first-order valence-corrected chi connectivity index (χ1v) is 3.36. The Labute approximate surface area is 62.4 Å². The standard InChI is InChI=1S/C9H14O/c1-8(10)6-5-7-9(2,3)4/h6-7H,1-4H3. The molecule has 0 aromatic heterocycles. The lowest BCUT2D eigenvalue weighted by molar-refractivity contribution is -0.112. The van der Waals surface area contributed by atoms with E-state index < -0.39 is 0 Å². The summed E-state index contributed by atoms with van der Waals surface area (Å²) in [5.74, 6) is 0.0421. The van der Waals surface area contributed by atoms with Gasteiger partial charge in [-0.05, 0) is 18.4 Å². The third kappa shape index (κ3) is 7.19.